The van der Waals surface area contributed by atoms with E-state index in [2.05, 4.69) is 31.5 Å². The SMILES string of the molecule is CNc1cc(C(F)(F)F)cc(NCc2ccccc2Br)n1. The maximum absolute atomic E-state index is 12.8. The fourth-order valence-electron chi connectivity index (χ4n) is 1.74. The second kappa shape index (κ2) is 6.34. The van der Waals surface area contributed by atoms with Gasteiger partial charge in [0.25, 0.3) is 0 Å². The van der Waals surface area contributed by atoms with E-state index in [1.807, 2.05) is 24.3 Å². The third kappa shape index (κ3) is 4.10. The summed E-state index contributed by atoms with van der Waals surface area (Å²) in [5.74, 6) is 0.337. The van der Waals surface area contributed by atoms with Crippen molar-refractivity contribution in [1.29, 1.82) is 0 Å². The van der Waals surface area contributed by atoms with Gasteiger partial charge in [0.1, 0.15) is 11.6 Å². The van der Waals surface area contributed by atoms with E-state index in [4.69, 9.17) is 0 Å². The Labute approximate surface area is 128 Å². The number of pyridine rings is 1. The average Bonchev–Trinajstić information content (AvgIpc) is 2.45. The molecule has 0 amide bonds. The molecular weight excluding hydrogens is 347 g/mol. The van der Waals surface area contributed by atoms with Gasteiger partial charge in [0, 0.05) is 18.1 Å². The molecule has 2 aromatic rings. The van der Waals surface area contributed by atoms with Gasteiger partial charge in [-0.3, -0.25) is 0 Å². The lowest BCUT2D eigenvalue weighted by Gasteiger charge is -2.13. The number of nitrogens with zero attached hydrogens (tertiary/aromatic N) is 1. The highest BCUT2D eigenvalue weighted by molar-refractivity contribution is 9.10. The Morgan fingerprint density at radius 1 is 1.14 bits per heavy atom. The molecule has 0 aliphatic carbocycles. The number of hydrogen-bond acceptors (Lipinski definition) is 3. The van der Waals surface area contributed by atoms with E-state index in [1.165, 1.54) is 7.05 Å². The van der Waals surface area contributed by atoms with Crippen LogP contribution < -0.4 is 10.6 Å². The first kappa shape index (κ1) is 15.6. The maximum atomic E-state index is 12.8. The number of rotatable bonds is 4. The van der Waals surface area contributed by atoms with E-state index >= 15 is 0 Å². The molecule has 0 radical (unpaired) electrons. The summed E-state index contributed by atoms with van der Waals surface area (Å²) >= 11 is 3.39. The molecule has 2 rings (SSSR count). The molecule has 3 nitrogen and oxygen atoms in total. The molecule has 7 heteroatoms. The standard InChI is InChI=1S/C14H13BrF3N3/c1-19-12-6-10(14(16,17)18)7-13(21-12)20-8-9-4-2-3-5-11(9)15/h2-7H,8H2,1H3,(H2,19,20,21). The van der Waals surface area contributed by atoms with Crippen LogP contribution in [0, 0.1) is 0 Å². The first-order chi connectivity index (χ1) is 9.90. The number of aromatic nitrogens is 1. The quantitative estimate of drug-likeness (QED) is 0.842. The van der Waals surface area contributed by atoms with Crippen molar-refractivity contribution < 1.29 is 13.2 Å². The Balaban J connectivity index is 2.22. The number of hydrogen-bond donors (Lipinski definition) is 2. The van der Waals surface area contributed by atoms with Crippen LogP contribution in [0.2, 0.25) is 0 Å². The third-order valence-corrected chi connectivity index (χ3v) is 3.60. The van der Waals surface area contributed by atoms with Crippen LogP contribution in [0.3, 0.4) is 0 Å². The van der Waals surface area contributed by atoms with Crippen LogP contribution in [0.4, 0.5) is 24.8 Å². The van der Waals surface area contributed by atoms with Crippen LogP contribution in [0.1, 0.15) is 11.1 Å². The Kier molecular flexibility index (Phi) is 4.72. The van der Waals surface area contributed by atoms with Crippen molar-refractivity contribution in [3.8, 4) is 0 Å². The summed E-state index contributed by atoms with van der Waals surface area (Å²) in [4.78, 5) is 4.07. The fraction of sp³-hybridized carbons (Fsp3) is 0.214. The van der Waals surface area contributed by atoms with Crippen molar-refractivity contribution in [2.45, 2.75) is 12.7 Å². The lowest BCUT2D eigenvalue weighted by Crippen LogP contribution is -2.10. The van der Waals surface area contributed by atoms with Crippen LogP contribution in [-0.4, -0.2) is 12.0 Å². The smallest absolute Gasteiger partial charge is 0.373 e. The van der Waals surface area contributed by atoms with Gasteiger partial charge in [0.15, 0.2) is 0 Å². The first-order valence-corrected chi connectivity index (χ1v) is 6.94. The Morgan fingerprint density at radius 2 is 1.81 bits per heavy atom. The van der Waals surface area contributed by atoms with Gasteiger partial charge in [0.2, 0.25) is 0 Å². The molecule has 21 heavy (non-hydrogen) atoms. The summed E-state index contributed by atoms with van der Waals surface area (Å²) in [6.45, 7) is 0.374. The number of nitrogens with one attached hydrogen (secondary N) is 2. The normalized spacial score (nSPS) is 11.3. The van der Waals surface area contributed by atoms with E-state index in [9.17, 15) is 13.2 Å². The van der Waals surface area contributed by atoms with Crippen LogP contribution in [0.5, 0.6) is 0 Å². The molecule has 0 atom stereocenters. The van der Waals surface area contributed by atoms with Gasteiger partial charge in [-0.2, -0.15) is 13.2 Å². The van der Waals surface area contributed by atoms with Crippen LogP contribution in [-0.2, 0) is 12.7 Å². The second-order valence-electron chi connectivity index (χ2n) is 4.32. The summed E-state index contributed by atoms with van der Waals surface area (Å²) in [7, 11) is 1.53. The average molecular weight is 360 g/mol. The van der Waals surface area contributed by atoms with Crippen molar-refractivity contribution in [1.82, 2.24) is 4.98 Å². The number of halogens is 4. The molecule has 0 bridgehead atoms. The highest BCUT2D eigenvalue weighted by Gasteiger charge is 2.31. The molecule has 1 heterocycles. The minimum Gasteiger partial charge on any atom is -0.373 e. The molecule has 0 fully saturated rings. The summed E-state index contributed by atoms with van der Waals surface area (Å²) in [6, 6.07) is 9.45. The number of benzene rings is 1. The van der Waals surface area contributed by atoms with Crippen molar-refractivity contribution >= 4 is 27.6 Å². The zero-order valence-electron chi connectivity index (χ0n) is 11.1. The molecule has 0 unspecified atom stereocenters. The summed E-state index contributed by atoms with van der Waals surface area (Å²) < 4.78 is 39.3. The largest absolute Gasteiger partial charge is 0.416 e. The summed E-state index contributed by atoms with van der Waals surface area (Å²) in [5, 5.41) is 5.54. The Morgan fingerprint density at radius 3 is 2.43 bits per heavy atom. The molecule has 1 aromatic heterocycles. The fourth-order valence-corrected chi connectivity index (χ4v) is 2.17. The van der Waals surface area contributed by atoms with Crippen LogP contribution in [0.15, 0.2) is 40.9 Å². The van der Waals surface area contributed by atoms with Gasteiger partial charge in [-0.05, 0) is 23.8 Å². The zero-order chi connectivity index (χ0) is 15.5. The van der Waals surface area contributed by atoms with Gasteiger partial charge in [-0.15, -0.1) is 0 Å². The molecule has 0 saturated heterocycles. The van der Waals surface area contributed by atoms with Crippen LogP contribution in [0.25, 0.3) is 0 Å². The predicted molar refractivity (Wildman–Crippen MR) is 80.3 cm³/mol. The Bertz CT molecular complexity index is 629. The highest BCUT2D eigenvalue weighted by atomic mass is 79.9. The van der Waals surface area contributed by atoms with Crippen molar-refractivity contribution in [3.63, 3.8) is 0 Å². The van der Waals surface area contributed by atoms with Gasteiger partial charge < -0.3 is 10.6 Å². The van der Waals surface area contributed by atoms with E-state index in [0.717, 1.165) is 22.2 Å². The molecule has 0 aliphatic rings. The summed E-state index contributed by atoms with van der Waals surface area (Å²) in [6.07, 6.45) is -4.40. The van der Waals surface area contributed by atoms with Gasteiger partial charge >= 0.3 is 6.18 Å². The van der Waals surface area contributed by atoms with E-state index in [1.54, 1.807) is 0 Å². The highest BCUT2D eigenvalue weighted by Crippen LogP contribution is 2.32. The molecule has 0 spiro atoms. The molecule has 0 aliphatic heterocycles. The number of anilines is 2. The van der Waals surface area contributed by atoms with Crippen molar-refractivity contribution in [2.75, 3.05) is 17.7 Å². The molecule has 1 aromatic carbocycles. The zero-order valence-corrected chi connectivity index (χ0v) is 12.7. The number of alkyl halides is 3. The molecule has 0 saturated carbocycles. The van der Waals surface area contributed by atoms with E-state index < -0.39 is 11.7 Å². The third-order valence-electron chi connectivity index (χ3n) is 2.83. The maximum Gasteiger partial charge on any atom is 0.416 e. The summed E-state index contributed by atoms with van der Waals surface area (Å²) in [5.41, 5.74) is 0.194. The minimum absolute atomic E-state index is 0.166. The van der Waals surface area contributed by atoms with Gasteiger partial charge in [0.05, 0.1) is 5.56 Å². The minimum atomic E-state index is -4.40. The van der Waals surface area contributed by atoms with Crippen LogP contribution >= 0.6 is 15.9 Å². The predicted octanol–water partition coefficient (Wildman–Crippen LogP) is 4.52. The Hall–Kier alpha value is -1.76. The molecule has 2 N–H and O–H groups in total. The van der Waals surface area contributed by atoms with E-state index in [0.29, 0.717) is 6.54 Å². The van der Waals surface area contributed by atoms with E-state index in [-0.39, 0.29) is 11.6 Å². The molecule has 112 valence electrons. The van der Waals surface area contributed by atoms with Crippen molar-refractivity contribution in [2.24, 2.45) is 0 Å². The van der Waals surface area contributed by atoms with Gasteiger partial charge in [-0.25, -0.2) is 4.98 Å². The second-order valence-corrected chi connectivity index (χ2v) is 5.17. The topological polar surface area (TPSA) is 37.0 Å². The monoisotopic (exact) mass is 359 g/mol. The van der Waals surface area contributed by atoms with Gasteiger partial charge in [-0.1, -0.05) is 34.1 Å². The molecular formula is C14H13BrF3N3. The van der Waals surface area contributed by atoms with Crippen molar-refractivity contribution in [3.05, 3.63) is 52.0 Å². The lowest BCUT2D eigenvalue weighted by atomic mass is 10.2. The lowest BCUT2D eigenvalue weighted by molar-refractivity contribution is -0.137. The first-order valence-electron chi connectivity index (χ1n) is 6.14.